The number of fused-ring (bicyclic) bond motifs is 6. The van der Waals surface area contributed by atoms with E-state index in [2.05, 4.69) is 216 Å². The molecular weight excluding hydrogens is 629 g/mol. The summed E-state index contributed by atoms with van der Waals surface area (Å²) >= 11 is 0. The summed E-state index contributed by atoms with van der Waals surface area (Å²) in [5, 5.41) is 7.60. The van der Waals surface area contributed by atoms with Gasteiger partial charge in [-0.2, -0.15) is 0 Å². The Morgan fingerprint density at radius 3 is 1.54 bits per heavy atom. The van der Waals surface area contributed by atoms with Crippen LogP contribution < -0.4 is 4.90 Å². The lowest BCUT2D eigenvalue weighted by molar-refractivity contribution is 1.18. The largest absolute Gasteiger partial charge is 0.311 e. The van der Waals surface area contributed by atoms with Crippen LogP contribution in [0.25, 0.3) is 71.3 Å². The van der Waals surface area contributed by atoms with Gasteiger partial charge in [0, 0.05) is 33.5 Å². The van der Waals surface area contributed by atoms with Crippen LogP contribution in [0.2, 0.25) is 0 Å². The topological polar surface area (TPSA) is 8.17 Å². The van der Waals surface area contributed by atoms with Crippen molar-refractivity contribution in [2.75, 3.05) is 4.90 Å². The molecule has 9 aromatic carbocycles. The number of para-hydroxylation sites is 3. The van der Waals surface area contributed by atoms with E-state index in [0.29, 0.717) is 0 Å². The van der Waals surface area contributed by atoms with Crippen molar-refractivity contribution >= 4 is 60.4 Å². The van der Waals surface area contributed by atoms with Crippen LogP contribution in [0.15, 0.2) is 206 Å². The Labute approximate surface area is 303 Å². The van der Waals surface area contributed by atoms with Crippen LogP contribution in [0.4, 0.5) is 17.1 Å². The third-order valence-corrected chi connectivity index (χ3v) is 10.4. The molecule has 0 aliphatic rings. The van der Waals surface area contributed by atoms with E-state index >= 15 is 0 Å². The molecular formula is C50H34N2. The monoisotopic (exact) mass is 662 g/mol. The minimum atomic E-state index is 1.11. The van der Waals surface area contributed by atoms with Crippen molar-refractivity contribution in [3.63, 3.8) is 0 Å². The van der Waals surface area contributed by atoms with Gasteiger partial charge in [0.2, 0.25) is 0 Å². The Hall–Kier alpha value is -6.90. The normalized spacial score (nSPS) is 11.5. The van der Waals surface area contributed by atoms with E-state index in [1.165, 1.54) is 71.3 Å². The molecule has 0 bridgehead atoms. The van der Waals surface area contributed by atoms with Gasteiger partial charge in [0.05, 0.1) is 11.0 Å². The molecule has 0 amide bonds. The Kier molecular flexibility index (Phi) is 7.18. The van der Waals surface area contributed by atoms with Crippen LogP contribution in [0.1, 0.15) is 0 Å². The maximum Gasteiger partial charge on any atom is 0.0547 e. The predicted molar refractivity (Wildman–Crippen MR) is 221 cm³/mol. The van der Waals surface area contributed by atoms with Gasteiger partial charge in [-0.15, -0.1) is 0 Å². The summed E-state index contributed by atoms with van der Waals surface area (Å²) in [5.41, 5.74) is 11.8. The zero-order valence-electron chi connectivity index (χ0n) is 28.5. The third-order valence-electron chi connectivity index (χ3n) is 10.4. The van der Waals surface area contributed by atoms with Crippen molar-refractivity contribution in [3.8, 4) is 27.9 Å². The van der Waals surface area contributed by atoms with Gasteiger partial charge in [-0.3, -0.25) is 0 Å². The third kappa shape index (κ3) is 4.96. The first-order chi connectivity index (χ1) is 25.8. The highest BCUT2D eigenvalue weighted by atomic mass is 15.1. The predicted octanol–water partition coefficient (Wildman–Crippen LogP) is 13.9. The molecule has 10 rings (SSSR count). The van der Waals surface area contributed by atoms with E-state index in [0.717, 1.165) is 17.1 Å². The number of benzene rings is 9. The average molecular weight is 663 g/mol. The Morgan fingerprint density at radius 2 is 0.827 bits per heavy atom. The Morgan fingerprint density at radius 1 is 0.308 bits per heavy atom. The second-order valence-corrected chi connectivity index (χ2v) is 13.3. The highest BCUT2D eigenvalue weighted by Crippen LogP contribution is 2.41. The van der Waals surface area contributed by atoms with Crippen LogP contribution in [0, 0.1) is 0 Å². The SMILES string of the molecule is c1ccc(N(c2ccc(-c3cccc4ccccc34)cc2)c2ccc(-c3cccc4c3ccc3c4c4ccccc4n3-c3ccccc3)cc2)cc1. The van der Waals surface area contributed by atoms with Crippen LogP contribution in [-0.2, 0) is 0 Å². The molecule has 0 spiro atoms. The number of hydrogen-bond acceptors (Lipinski definition) is 1. The van der Waals surface area contributed by atoms with Crippen molar-refractivity contribution < 1.29 is 0 Å². The highest BCUT2D eigenvalue weighted by molar-refractivity contribution is 6.23. The molecule has 0 N–H and O–H groups in total. The van der Waals surface area contributed by atoms with Crippen molar-refractivity contribution in [2.45, 2.75) is 0 Å². The maximum absolute atomic E-state index is 2.39. The molecule has 0 fully saturated rings. The highest BCUT2D eigenvalue weighted by Gasteiger charge is 2.17. The van der Waals surface area contributed by atoms with Crippen LogP contribution in [-0.4, -0.2) is 4.57 Å². The van der Waals surface area contributed by atoms with Gasteiger partial charge in [-0.05, 0) is 104 Å². The van der Waals surface area contributed by atoms with Crippen molar-refractivity contribution in [1.82, 2.24) is 4.57 Å². The van der Waals surface area contributed by atoms with Crippen LogP contribution >= 0.6 is 0 Å². The molecule has 1 aromatic heterocycles. The minimum Gasteiger partial charge on any atom is -0.311 e. The number of rotatable bonds is 6. The summed E-state index contributed by atoms with van der Waals surface area (Å²) in [5.74, 6) is 0. The van der Waals surface area contributed by atoms with Crippen LogP contribution in [0.5, 0.6) is 0 Å². The first-order valence-corrected chi connectivity index (χ1v) is 17.9. The van der Waals surface area contributed by atoms with Gasteiger partial charge >= 0.3 is 0 Å². The molecule has 2 nitrogen and oxygen atoms in total. The van der Waals surface area contributed by atoms with Gasteiger partial charge in [-0.1, -0.05) is 146 Å². The number of anilines is 3. The molecule has 1 heterocycles. The summed E-state index contributed by atoms with van der Waals surface area (Å²) in [6.07, 6.45) is 0. The molecule has 2 heteroatoms. The first kappa shape index (κ1) is 30.0. The van der Waals surface area contributed by atoms with E-state index in [1.54, 1.807) is 0 Å². The molecule has 244 valence electrons. The molecule has 0 unspecified atom stereocenters. The van der Waals surface area contributed by atoms with E-state index in [9.17, 15) is 0 Å². The van der Waals surface area contributed by atoms with E-state index < -0.39 is 0 Å². The zero-order chi connectivity index (χ0) is 34.4. The smallest absolute Gasteiger partial charge is 0.0547 e. The molecule has 0 radical (unpaired) electrons. The lowest BCUT2D eigenvalue weighted by Crippen LogP contribution is -2.09. The van der Waals surface area contributed by atoms with Gasteiger partial charge in [0.15, 0.2) is 0 Å². The molecule has 0 saturated carbocycles. The fourth-order valence-electron chi connectivity index (χ4n) is 8.01. The first-order valence-electron chi connectivity index (χ1n) is 17.9. The standard InChI is InChI=1S/C50H34N2/c1-3-15-38(16-4-1)51(40-29-25-36(26-30-40)43-21-11-14-35-13-7-8-19-42(35)43)41-31-27-37(28-32-41)44-22-12-23-46-45(44)33-34-49-50(46)47-20-9-10-24-48(47)52(49)39-17-5-2-6-18-39/h1-34H. The molecule has 0 atom stereocenters. The lowest BCUT2D eigenvalue weighted by Gasteiger charge is -2.26. The van der Waals surface area contributed by atoms with Crippen molar-refractivity contribution in [2.24, 2.45) is 0 Å². The number of nitrogens with zero attached hydrogens (tertiary/aromatic N) is 2. The van der Waals surface area contributed by atoms with Crippen molar-refractivity contribution in [1.29, 1.82) is 0 Å². The van der Waals surface area contributed by atoms with Gasteiger partial charge in [0.25, 0.3) is 0 Å². The summed E-state index contributed by atoms with van der Waals surface area (Å²) in [4.78, 5) is 2.34. The molecule has 52 heavy (non-hydrogen) atoms. The molecule has 0 aliphatic heterocycles. The molecule has 0 saturated heterocycles. The quantitative estimate of drug-likeness (QED) is 0.172. The van der Waals surface area contributed by atoms with Gasteiger partial charge in [-0.25, -0.2) is 0 Å². The van der Waals surface area contributed by atoms with E-state index in [4.69, 9.17) is 0 Å². The Bertz CT molecular complexity index is 2860. The molecule has 0 aliphatic carbocycles. The average Bonchev–Trinajstić information content (AvgIpc) is 3.57. The lowest BCUT2D eigenvalue weighted by atomic mass is 9.95. The summed E-state index contributed by atoms with van der Waals surface area (Å²) in [7, 11) is 0. The van der Waals surface area contributed by atoms with Crippen molar-refractivity contribution in [3.05, 3.63) is 206 Å². The summed E-state index contributed by atoms with van der Waals surface area (Å²) in [6, 6.07) is 74.5. The van der Waals surface area contributed by atoms with Crippen LogP contribution in [0.3, 0.4) is 0 Å². The fraction of sp³-hybridized carbons (Fsp3) is 0. The Balaban J connectivity index is 1.06. The number of hydrogen-bond donors (Lipinski definition) is 0. The second-order valence-electron chi connectivity index (χ2n) is 13.3. The summed E-state index contributed by atoms with van der Waals surface area (Å²) < 4.78 is 2.39. The minimum absolute atomic E-state index is 1.11. The van der Waals surface area contributed by atoms with E-state index in [-0.39, 0.29) is 0 Å². The zero-order valence-corrected chi connectivity index (χ0v) is 28.5. The fourth-order valence-corrected chi connectivity index (χ4v) is 8.01. The number of aromatic nitrogens is 1. The van der Waals surface area contributed by atoms with Gasteiger partial charge < -0.3 is 9.47 Å². The van der Waals surface area contributed by atoms with E-state index in [1.807, 2.05) is 0 Å². The molecule has 10 aromatic rings. The maximum atomic E-state index is 2.39. The summed E-state index contributed by atoms with van der Waals surface area (Å²) in [6.45, 7) is 0. The van der Waals surface area contributed by atoms with Gasteiger partial charge in [0.1, 0.15) is 0 Å². The second kappa shape index (κ2) is 12.5.